The highest BCUT2D eigenvalue weighted by Crippen LogP contribution is 2.27. The number of nitrogens with two attached hydrogens (primary N) is 1. The summed E-state index contributed by atoms with van der Waals surface area (Å²) in [5.41, 5.74) is 9.22. The van der Waals surface area contributed by atoms with Crippen molar-refractivity contribution >= 4 is 0 Å². The highest BCUT2D eigenvalue weighted by molar-refractivity contribution is 5.45. The molecule has 0 aliphatic rings. The van der Waals surface area contributed by atoms with Crippen LogP contribution in [0.15, 0.2) is 48.1 Å². The van der Waals surface area contributed by atoms with Crippen molar-refractivity contribution in [1.82, 2.24) is 0 Å². The molecule has 0 saturated carbocycles. The molecule has 1 unspecified atom stereocenters. The van der Waals surface area contributed by atoms with Crippen molar-refractivity contribution in [1.29, 1.82) is 0 Å². The molecular weight excluding hydrogens is 194 g/mol. The average molecular weight is 219 g/mol. The molecule has 0 aliphatic carbocycles. The van der Waals surface area contributed by atoms with Crippen molar-refractivity contribution in [2.24, 2.45) is 11.7 Å². The van der Waals surface area contributed by atoms with Gasteiger partial charge in [0.15, 0.2) is 0 Å². The second-order valence-electron chi connectivity index (χ2n) is 4.04. The van der Waals surface area contributed by atoms with Gasteiger partial charge in [-0.2, -0.15) is 0 Å². The molecule has 0 heterocycles. The molecule has 1 nitrogen and oxygen atoms in total. The number of allylic oxidation sites excluding steroid dienone is 6. The summed E-state index contributed by atoms with van der Waals surface area (Å²) in [6, 6.07) is 0. The molecular formula is C15H25N. The maximum Gasteiger partial charge on any atom is -0.00714 e. The van der Waals surface area contributed by atoms with Gasteiger partial charge >= 0.3 is 0 Å². The minimum absolute atomic E-state index is 0.491. The Hall–Kier alpha value is -1.08. The second kappa shape index (κ2) is 8.12. The molecule has 0 amide bonds. The van der Waals surface area contributed by atoms with Gasteiger partial charge in [0.25, 0.3) is 0 Å². The lowest BCUT2D eigenvalue weighted by Crippen LogP contribution is -2.11. The maximum atomic E-state index is 5.65. The molecule has 0 aromatic rings. The predicted octanol–water partition coefficient (Wildman–Crippen LogP) is 4.00. The van der Waals surface area contributed by atoms with Crippen LogP contribution in [0, 0.1) is 5.92 Å². The Morgan fingerprint density at radius 3 is 2.38 bits per heavy atom. The SMILES string of the molecule is C=C/C(=C(\C=C/C)C(=C)C)C(CC)CCN. The number of rotatable bonds is 7. The number of hydrogen-bond donors (Lipinski definition) is 1. The molecule has 0 aromatic carbocycles. The zero-order valence-corrected chi connectivity index (χ0v) is 10.9. The fourth-order valence-electron chi connectivity index (χ4n) is 1.93. The van der Waals surface area contributed by atoms with E-state index in [9.17, 15) is 0 Å². The van der Waals surface area contributed by atoms with Gasteiger partial charge in [-0.25, -0.2) is 0 Å². The molecule has 0 fully saturated rings. The van der Waals surface area contributed by atoms with Gasteiger partial charge in [-0.05, 0) is 50.3 Å². The summed E-state index contributed by atoms with van der Waals surface area (Å²) in [7, 11) is 0. The molecule has 1 atom stereocenters. The quantitative estimate of drug-likeness (QED) is 0.644. The predicted molar refractivity (Wildman–Crippen MR) is 74.3 cm³/mol. The summed E-state index contributed by atoms with van der Waals surface area (Å²) >= 11 is 0. The average Bonchev–Trinajstić information content (AvgIpc) is 2.27. The highest BCUT2D eigenvalue weighted by atomic mass is 14.5. The fraction of sp³-hybridized carbons (Fsp3) is 0.467. The van der Waals surface area contributed by atoms with Crippen LogP contribution in [-0.4, -0.2) is 6.54 Å². The van der Waals surface area contributed by atoms with E-state index in [0.29, 0.717) is 5.92 Å². The van der Waals surface area contributed by atoms with Crippen molar-refractivity contribution < 1.29 is 0 Å². The Kier molecular flexibility index (Phi) is 7.57. The summed E-state index contributed by atoms with van der Waals surface area (Å²) in [5, 5.41) is 0. The van der Waals surface area contributed by atoms with Crippen molar-refractivity contribution in [2.75, 3.05) is 6.54 Å². The molecule has 90 valence electrons. The Bertz CT molecular complexity index is 295. The molecule has 0 radical (unpaired) electrons. The Balaban J connectivity index is 5.36. The minimum atomic E-state index is 0.491. The summed E-state index contributed by atoms with van der Waals surface area (Å²) in [4.78, 5) is 0. The molecule has 0 spiro atoms. The van der Waals surface area contributed by atoms with Gasteiger partial charge < -0.3 is 5.73 Å². The molecule has 1 heteroatoms. The van der Waals surface area contributed by atoms with Crippen LogP contribution in [0.25, 0.3) is 0 Å². The summed E-state index contributed by atoms with van der Waals surface area (Å²) < 4.78 is 0. The molecule has 2 N–H and O–H groups in total. The van der Waals surface area contributed by atoms with E-state index in [0.717, 1.165) is 25.0 Å². The zero-order valence-electron chi connectivity index (χ0n) is 10.9. The minimum Gasteiger partial charge on any atom is -0.330 e. The standard InChI is InChI=1S/C15H25N/c1-6-9-15(12(4)5)14(8-3)13(7-2)10-11-16/h6,8-9,13H,3-4,7,10-11,16H2,1-2,5H3/b9-6-,15-14-. The first-order valence-corrected chi connectivity index (χ1v) is 5.97. The highest BCUT2D eigenvalue weighted by Gasteiger charge is 2.12. The van der Waals surface area contributed by atoms with Gasteiger partial charge in [-0.3, -0.25) is 0 Å². The normalized spacial score (nSPS) is 14.8. The third-order valence-corrected chi connectivity index (χ3v) is 2.77. The first-order valence-electron chi connectivity index (χ1n) is 5.97. The molecule has 0 aromatic heterocycles. The Morgan fingerprint density at radius 2 is 2.06 bits per heavy atom. The van der Waals surface area contributed by atoms with Crippen LogP contribution < -0.4 is 5.73 Å². The van der Waals surface area contributed by atoms with Crippen molar-refractivity contribution in [3.05, 3.63) is 48.1 Å². The van der Waals surface area contributed by atoms with Crippen LogP contribution in [-0.2, 0) is 0 Å². The van der Waals surface area contributed by atoms with Gasteiger partial charge in [0.05, 0.1) is 0 Å². The van der Waals surface area contributed by atoms with Crippen LogP contribution in [0.3, 0.4) is 0 Å². The Labute approximate surface area is 100 Å². The van der Waals surface area contributed by atoms with E-state index in [2.05, 4.69) is 26.2 Å². The van der Waals surface area contributed by atoms with E-state index in [4.69, 9.17) is 5.73 Å². The number of hydrogen-bond acceptors (Lipinski definition) is 1. The zero-order chi connectivity index (χ0) is 12.6. The van der Waals surface area contributed by atoms with Gasteiger partial charge in [-0.15, -0.1) is 0 Å². The topological polar surface area (TPSA) is 26.0 Å². The lowest BCUT2D eigenvalue weighted by atomic mass is 9.87. The summed E-state index contributed by atoms with van der Waals surface area (Å²) in [6.07, 6.45) is 8.20. The third kappa shape index (κ3) is 4.19. The van der Waals surface area contributed by atoms with Gasteiger partial charge in [0.2, 0.25) is 0 Å². The summed E-state index contributed by atoms with van der Waals surface area (Å²) in [5.74, 6) is 0.491. The second-order valence-corrected chi connectivity index (χ2v) is 4.04. The Morgan fingerprint density at radius 1 is 1.44 bits per heavy atom. The molecule has 0 saturated heterocycles. The van der Waals surface area contributed by atoms with Crippen LogP contribution in [0.5, 0.6) is 0 Å². The first kappa shape index (κ1) is 14.9. The van der Waals surface area contributed by atoms with Gasteiger partial charge in [0, 0.05) is 0 Å². The molecule has 16 heavy (non-hydrogen) atoms. The fourth-order valence-corrected chi connectivity index (χ4v) is 1.93. The smallest absolute Gasteiger partial charge is 0.00714 e. The van der Waals surface area contributed by atoms with Crippen molar-refractivity contribution in [3.8, 4) is 0 Å². The van der Waals surface area contributed by atoms with Crippen LogP contribution in [0.2, 0.25) is 0 Å². The largest absolute Gasteiger partial charge is 0.330 e. The first-order chi connectivity index (χ1) is 7.62. The van der Waals surface area contributed by atoms with E-state index < -0.39 is 0 Å². The van der Waals surface area contributed by atoms with E-state index in [1.165, 1.54) is 11.1 Å². The van der Waals surface area contributed by atoms with Crippen LogP contribution >= 0.6 is 0 Å². The van der Waals surface area contributed by atoms with E-state index in [-0.39, 0.29) is 0 Å². The lowest BCUT2D eigenvalue weighted by Gasteiger charge is -2.19. The summed E-state index contributed by atoms with van der Waals surface area (Å²) in [6.45, 7) is 14.9. The van der Waals surface area contributed by atoms with Crippen molar-refractivity contribution in [3.63, 3.8) is 0 Å². The maximum absolute atomic E-state index is 5.65. The molecule has 0 aliphatic heterocycles. The monoisotopic (exact) mass is 219 g/mol. The lowest BCUT2D eigenvalue weighted by molar-refractivity contribution is 0.558. The van der Waals surface area contributed by atoms with E-state index >= 15 is 0 Å². The van der Waals surface area contributed by atoms with Crippen molar-refractivity contribution in [2.45, 2.75) is 33.6 Å². The van der Waals surface area contributed by atoms with Crippen LogP contribution in [0.1, 0.15) is 33.6 Å². The van der Waals surface area contributed by atoms with E-state index in [1.807, 2.05) is 26.0 Å². The van der Waals surface area contributed by atoms with Gasteiger partial charge in [0.1, 0.15) is 0 Å². The molecule has 0 rings (SSSR count). The van der Waals surface area contributed by atoms with Gasteiger partial charge in [-0.1, -0.05) is 43.9 Å². The third-order valence-electron chi connectivity index (χ3n) is 2.77. The van der Waals surface area contributed by atoms with Crippen LogP contribution in [0.4, 0.5) is 0 Å². The van der Waals surface area contributed by atoms with E-state index in [1.54, 1.807) is 0 Å². The molecule has 0 bridgehead atoms.